The van der Waals surface area contributed by atoms with Crippen LogP contribution in [0.2, 0.25) is 6.82 Å². The van der Waals surface area contributed by atoms with Gasteiger partial charge < -0.3 is 14.2 Å². The molecule has 2 aromatic rings. The van der Waals surface area contributed by atoms with Gasteiger partial charge in [-0.1, -0.05) is 6.82 Å². The molecule has 6 heteroatoms. The van der Waals surface area contributed by atoms with Crippen molar-refractivity contribution >= 4 is 29.7 Å². The molecule has 2 aliphatic rings. The van der Waals surface area contributed by atoms with Gasteiger partial charge in [0, 0.05) is 42.3 Å². The van der Waals surface area contributed by atoms with E-state index in [0.29, 0.717) is 5.71 Å². The normalized spacial score (nSPS) is 20.9. The maximum atomic E-state index is 6.04. The standard InChI is InChI=1S/C16H19BN4O/c1-11-10-14-13-6-5-7-18-16(13)22-15(14)17(3)21(11)20-9-8-19(4)12(20)2/h5-10,12H,1-4H3/t12-/m0/s1. The van der Waals surface area contributed by atoms with Gasteiger partial charge in [0.05, 0.1) is 0 Å². The number of pyridine rings is 1. The lowest BCUT2D eigenvalue weighted by atomic mass is 9.58. The summed E-state index contributed by atoms with van der Waals surface area (Å²) in [6, 6.07) is 4.03. The van der Waals surface area contributed by atoms with Crippen molar-refractivity contribution in [1.82, 2.24) is 19.8 Å². The van der Waals surface area contributed by atoms with Gasteiger partial charge in [-0.15, -0.1) is 0 Å². The van der Waals surface area contributed by atoms with Crippen LogP contribution in [0.5, 0.6) is 0 Å². The Balaban J connectivity index is 1.82. The Bertz CT molecular complexity index is 797. The molecule has 0 spiro atoms. The van der Waals surface area contributed by atoms with Crippen LogP contribution < -0.4 is 5.66 Å². The molecule has 0 radical (unpaired) electrons. The van der Waals surface area contributed by atoms with Gasteiger partial charge in [-0.2, -0.15) is 0 Å². The van der Waals surface area contributed by atoms with Crippen LogP contribution >= 0.6 is 0 Å². The molecule has 0 saturated carbocycles. The number of fused-ring (bicyclic) bond motifs is 3. The first-order valence-corrected chi connectivity index (χ1v) is 7.61. The monoisotopic (exact) mass is 294 g/mol. The summed E-state index contributed by atoms with van der Waals surface area (Å²) in [5, 5.41) is 3.34. The molecule has 2 aromatic heterocycles. The highest BCUT2D eigenvalue weighted by molar-refractivity contribution is 6.70. The smallest absolute Gasteiger partial charge is 0.353 e. The minimum atomic E-state index is 0.132. The molecule has 1 atom stereocenters. The van der Waals surface area contributed by atoms with Crippen LogP contribution in [0.4, 0.5) is 0 Å². The molecule has 4 heterocycles. The SMILES string of the molecule is CB1c2oc3ncccc3c2C=C(C)N1N1C=CN(C)[C@@H]1C. The number of hydrogen-bond donors (Lipinski definition) is 0. The van der Waals surface area contributed by atoms with Crippen molar-refractivity contribution < 1.29 is 4.42 Å². The van der Waals surface area contributed by atoms with Crippen molar-refractivity contribution in [1.29, 1.82) is 0 Å². The lowest BCUT2D eigenvalue weighted by Gasteiger charge is -2.43. The molecule has 0 fully saturated rings. The van der Waals surface area contributed by atoms with Gasteiger partial charge >= 0.3 is 6.85 Å². The molecule has 4 rings (SSSR count). The topological polar surface area (TPSA) is 35.8 Å². The van der Waals surface area contributed by atoms with E-state index in [-0.39, 0.29) is 13.0 Å². The summed E-state index contributed by atoms with van der Waals surface area (Å²) in [4.78, 5) is 8.82. The molecule has 2 aliphatic heterocycles. The van der Waals surface area contributed by atoms with Crippen LogP contribution in [0, 0.1) is 0 Å². The van der Waals surface area contributed by atoms with Gasteiger partial charge in [0.2, 0.25) is 5.71 Å². The molecule has 112 valence electrons. The van der Waals surface area contributed by atoms with Crippen LogP contribution in [-0.4, -0.2) is 39.9 Å². The molecule has 22 heavy (non-hydrogen) atoms. The number of allylic oxidation sites excluding steroid dienone is 1. The summed E-state index contributed by atoms with van der Waals surface area (Å²) in [5.74, 6) is 0. The predicted octanol–water partition coefficient (Wildman–Crippen LogP) is 2.31. The largest absolute Gasteiger partial charge is 0.450 e. The van der Waals surface area contributed by atoms with Crippen LogP contribution in [0.25, 0.3) is 17.2 Å². The fourth-order valence-corrected chi connectivity index (χ4v) is 3.36. The van der Waals surface area contributed by atoms with Gasteiger partial charge in [0.25, 0.3) is 0 Å². The fourth-order valence-electron chi connectivity index (χ4n) is 3.36. The molecule has 5 nitrogen and oxygen atoms in total. The third-order valence-electron chi connectivity index (χ3n) is 4.67. The maximum absolute atomic E-state index is 6.04. The van der Waals surface area contributed by atoms with E-state index in [2.05, 4.69) is 72.1 Å². The number of rotatable bonds is 1. The van der Waals surface area contributed by atoms with Gasteiger partial charge in [0.1, 0.15) is 11.8 Å². The highest BCUT2D eigenvalue weighted by Crippen LogP contribution is 2.29. The van der Waals surface area contributed by atoms with Crippen LogP contribution in [0.15, 0.2) is 40.8 Å². The Labute approximate surface area is 130 Å². The molecular weight excluding hydrogens is 275 g/mol. The van der Waals surface area contributed by atoms with Gasteiger partial charge in [0.15, 0.2) is 0 Å². The second-order valence-electron chi connectivity index (χ2n) is 6.02. The Morgan fingerprint density at radius 2 is 2.14 bits per heavy atom. The van der Waals surface area contributed by atoms with Crippen molar-refractivity contribution in [2.45, 2.75) is 26.8 Å². The second kappa shape index (κ2) is 4.56. The van der Waals surface area contributed by atoms with Gasteiger partial charge in [-0.3, -0.25) is 5.01 Å². The van der Waals surface area contributed by atoms with Crippen molar-refractivity contribution in [2.24, 2.45) is 0 Å². The Hall–Kier alpha value is -2.37. The van der Waals surface area contributed by atoms with E-state index in [1.165, 1.54) is 5.70 Å². The maximum Gasteiger partial charge on any atom is 0.353 e. The summed E-state index contributed by atoms with van der Waals surface area (Å²) in [6.45, 7) is 6.65. The third kappa shape index (κ3) is 1.70. The molecule has 0 aromatic carbocycles. The van der Waals surface area contributed by atoms with Crippen LogP contribution in [0.1, 0.15) is 19.4 Å². The second-order valence-corrected chi connectivity index (χ2v) is 6.02. The average molecular weight is 294 g/mol. The molecule has 0 N–H and O–H groups in total. The number of furan rings is 1. The lowest BCUT2D eigenvalue weighted by Crippen LogP contribution is -2.57. The van der Waals surface area contributed by atoms with E-state index >= 15 is 0 Å². The zero-order chi connectivity index (χ0) is 15.4. The zero-order valence-corrected chi connectivity index (χ0v) is 13.3. The van der Waals surface area contributed by atoms with Crippen molar-refractivity contribution in [3.63, 3.8) is 0 Å². The van der Waals surface area contributed by atoms with E-state index in [4.69, 9.17) is 4.42 Å². The summed E-state index contributed by atoms with van der Waals surface area (Å²) in [7, 11) is 2.09. The van der Waals surface area contributed by atoms with Gasteiger partial charge in [-0.05, 0) is 32.1 Å². The minimum absolute atomic E-state index is 0.132. The van der Waals surface area contributed by atoms with Crippen molar-refractivity contribution in [2.75, 3.05) is 7.05 Å². The number of hydrazine groups is 1. The van der Waals surface area contributed by atoms with E-state index in [9.17, 15) is 0 Å². The first-order chi connectivity index (χ1) is 10.6. The van der Waals surface area contributed by atoms with Crippen molar-refractivity contribution in [3.8, 4) is 0 Å². The minimum Gasteiger partial charge on any atom is -0.450 e. The molecular formula is C16H19BN4O. The predicted molar refractivity (Wildman–Crippen MR) is 89.0 cm³/mol. The Morgan fingerprint density at radius 3 is 2.86 bits per heavy atom. The number of aromatic nitrogens is 1. The first kappa shape index (κ1) is 13.3. The van der Waals surface area contributed by atoms with E-state index in [0.717, 1.165) is 16.6 Å². The highest BCUT2D eigenvalue weighted by atomic mass is 16.3. The molecule has 0 aliphatic carbocycles. The molecule has 0 bridgehead atoms. The van der Waals surface area contributed by atoms with E-state index < -0.39 is 0 Å². The van der Waals surface area contributed by atoms with Crippen LogP contribution in [0.3, 0.4) is 0 Å². The molecule has 0 amide bonds. The molecule has 0 saturated heterocycles. The first-order valence-electron chi connectivity index (χ1n) is 7.61. The fraction of sp³-hybridized carbons (Fsp3) is 0.312. The quantitative estimate of drug-likeness (QED) is 0.754. The van der Waals surface area contributed by atoms with Crippen molar-refractivity contribution in [3.05, 3.63) is 42.0 Å². The summed E-state index contributed by atoms with van der Waals surface area (Å²) < 4.78 is 6.04. The summed E-state index contributed by atoms with van der Waals surface area (Å²) in [6.07, 6.45) is 8.47. The highest BCUT2D eigenvalue weighted by Gasteiger charge is 2.37. The zero-order valence-electron chi connectivity index (χ0n) is 13.3. The Kier molecular flexibility index (Phi) is 2.76. The Morgan fingerprint density at radius 1 is 1.32 bits per heavy atom. The number of nitrogens with zero attached hydrogens (tertiary/aromatic N) is 4. The average Bonchev–Trinajstić information content (AvgIpc) is 3.03. The van der Waals surface area contributed by atoms with Crippen LogP contribution in [-0.2, 0) is 0 Å². The number of hydrogen-bond acceptors (Lipinski definition) is 5. The van der Waals surface area contributed by atoms with E-state index in [1.54, 1.807) is 6.20 Å². The summed E-state index contributed by atoms with van der Waals surface area (Å²) in [5.41, 5.74) is 4.06. The lowest BCUT2D eigenvalue weighted by molar-refractivity contribution is 0.0631. The summed E-state index contributed by atoms with van der Waals surface area (Å²) >= 11 is 0. The van der Waals surface area contributed by atoms with E-state index in [1.807, 2.05) is 6.07 Å². The van der Waals surface area contributed by atoms with Gasteiger partial charge in [-0.25, -0.2) is 4.98 Å². The molecule has 0 unspecified atom stereocenters. The third-order valence-corrected chi connectivity index (χ3v) is 4.67.